The number of carboxylic acids is 1. The van der Waals surface area contributed by atoms with Gasteiger partial charge in [-0.3, -0.25) is 9.59 Å². The lowest BCUT2D eigenvalue weighted by atomic mass is 10.1. The van der Waals surface area contributed by atoms with Crippen LogP contribution >= 0.6 is 11.8 Å². The smallest absolute Gasteiger partial charge is 0.339 e. The molecule has 2 amide bonds. The van der Waals surface area contributed by atoms with Gasteiger partial charge < -0.3 is 20.8 Å². The topological polar surface area (TPSA) is 116 Å². The van der Waals surface area contributed by atoms with E-state index in [9.17, 15) is 29.0 Å². The Morgan fingerprint density at radius 2 is 1.43 bits per heavy atom. The summed E-state index contributed by atoms with van der Waals surface area (Å²) in [5, 5.41) is 23.8. The summed E-state index contributed by atoms with van der Waals surface area (Å²) in [5.74, 6) is -2.90. The second kappa shape index (κ2) is 11.4. The number of halogens is 1. The highest BCUT2D eigenvalue weighted by Crippen LogP contribution is 2.37. The molecule has 4 aromatic carbocycles. The average molecular weight is 517 g/mol. The molecule has 4 aromatic rings. The third kappa shape index (κ3) is 6.53. The van der Waals surface area contributed by atoms with Crippen molar-refractivity contribution in [1.82, 2.24) is 0 Å². The van der Waals surface area contributed by atoms with Gasteiger partial charge in [-0.15, -0.1) is 11.8 Å². The highest BCUT2D eigenvalue weighted by Gasteiger charge is 2.23. The molecule has 0 fully saturated rings. The molecule has 0 bridgehead atoms. The summed E-state index contributed by atoms with van der Waals surface area (Å²) in [6.45, 7) is 0. The van der Waals surface area contributed by atoms with Gasteiger partial charge in [-0.2, -0.15) is 0 Å². The number of nitrogens with one attached hydrogen (secondary N) is 2. The Balaban J connectivity index is 1.50. The fourth-order valence-corrected chi connectivity index (χ4v) is 4.48. The van der Waals surface area contributed by atoms with Crippen LogP contribution in [-0.4, -0.2) is 28.0 Å². The zero-order valence-electron chi connectivity index (χ0n) is 19.2. The lowest BCUT2D eigenvalue weighted by Crippen LogP contribution is -2.19. The van der Waals surface area contributed by atoms with Crippen LogP contribution in [0.15, 0.2) is 102 Å². The molecule has 0 saturated heterocycles. The van der Waals surface area contributed by atoms with Crippen LogP contribution < -0.4 is 10.6 Å². The number of hydrogen-bond donors (Lipinski definition) is 4. The predicted octanol–water partition coefficient (Wildman–Crippen LogP) is 5.95. The average Bonchev–Trinajstić information content (AvgIpc) is 2.90. The number of phenols is 1. The molecule has 4 N–H and O–H groups in total. The van der Waals surface area contributed by atoms with Gasteiger partial charge in [0.1, 0.15) is 22.4 Å². The maximum atomic E-state index is 13.3. The monoisotopic (exact) mass is 516 g/mol. The summed E-state index contributed by atoms with van der Waals surface area (Å²) in [7, 11) is 0. The van der Waals surface area contributed by atoms with E-state index in [1.54, 1.807) is 24.3 Å². The molecule has 9 heteroatoms. The molecule has 1 atom stereocenters. The van der Waals surface area contributed by atoms with Gasteiger partial charge in [-0.25, -0.2) is 9.18 Å². The van der Waals surface area contributed by atoms with E-state index < -0.39 is 22.8 Å². The van der Waals surface area contributed by atoms with E-state index in [0.717, 1.165) is 10.5 Å². The zero-order valence-corrected chi connectivity index (χ0v) is 20.0. The van der Waals surface area contributed by atoms with Gasteiger partial charge in [-0.1, -0.05) is 30.3 Å². The molecule has 7 nitrogen and oxygen atoms in total. The minimum atomic E-state index is -1.31. The molecule has 0 radical (unpaired) electrons. The van der Waals surface area contributed by atoms with E-state index in [-0.39, 0.29) is 23.1 Å². The summed E-state index contributed by atoms with van der Waals surface area (Å²) < 4.78 is 13.1. The SMILES string of the molecule is O=C(Nc1ccc(SC(C(=O)Nc2ccc(O)c(C(=O)O)c2)c2ccccc2)cc1)c1ccc(F)cc1. The van der Waals surface area contributed by atoms with Gasteiger partial charge in [0.25, 0.3) is 5.91 Å². The Bertz CT molecular complexity index is 1430. The van der Waals surface area contributed by atoms with Crippen molar-refractivity contribution in [2.75, 3.05) is 10.6 Å². The highest BCUT2D eigenvalue weighted by molar-refractivity contribution is 8.00. The summed E-state index contributed by atoms with van der Waals surface area (Å²) in [6.07, 6.45) is 0. The van der Waals surface area contributed by atoms with Crippen molar-refractivity contribution in [3.8, 4) is 5.75 Å². The molecular formula is C28H21FN2O5S. The lowest BCUT2D eigenvalue weighted by molar-refractivity contribution is -0.115. The number of amides is 2. The van der Waals surface area contributed by atoms with Crippen LogP contribution in [0.3, 0.4) is 0 Å². The van der Waals surface area contributed by atoms with Crippen LogP contribution in [0.2, 0.25) is 0 Å². The maximum Gasteiger partial charge on any atom is 0.339 e. The molecule has 0 aliphatic rings. The van der Waals surface area contributed by atoms with E-state index in [4.69, 9.17) is 0 Å². The zero-order chi connectivity index (χ0) is 26.4. The van der Waals surface area contributed by atoms with Crippen molar-refractivity contribution in [1.29, 1.82) is 0 Å². The number of carboxylic acid groups (broad SMARTS) is 1. The molecule has 1 unspecified atom stereocenters. The fraction of sp³-hybridized carbons (Fsp3) is 0.0357. The molecule has 37 heavy (non-hydrogen) atoms. The van der Waals surface area contributed by atoms with Gasteiger partial charge in [-0.05, 0) is 72.3 Å². The Morgan fingerprint density at radius 1 is 0.784 bits per heavy atom. The molecule has 0 aromatic heterocycles. The van der Waals surface area contributed by atoms with E-state index in [0.29, 0.717) is 11.3 Å². The number of carbonyl (C=O) groups excluding carboxylic acids is 2. The quantitative estimate of drug-likeness (QED) is 0.170. The third-order valence-corrected chi connectivity index (χ3v) is 6.57. The lowest BCUT2D eigenvalue weighted by Gasteiger charge is -2.18. The van der Waals surface area contributed by atoms with Crippen LogP contribution in [0.4, 0.5) is 15.8 Å². The number of rotatable bonds is 8. The number of hydrogen-bond acceptors (Lipinski definition) is 5. The largest absolute Gasteiger partial charge is 0.507 e. The molecular weight excluding hydrogens is 495 g/mol. The number of thioether (sulfide) groups is 1. The second-order valence-electron chi connectivity index (χ2n) is 7.92. The van der Waals surface area contributed by atoms with Crippen LogP contribution in [0.1, 0.15) is 31.5 Å². The van der Waals surface area contributed by atoms with Gasteiger partial charge in [0.15, 0.2) is 0 Å². The number of aromatic carboxylic acids is 1. The van der Waals surface area contributed by atoms with E-state index >= 15 is 0 Å². The molecule has 0 heterocycles. The Kier molecular flexibility index (Phi) is 7.85. The van der Waals surface area contributed by atoms with Crippen LogP contribution in [0.25, 0.3) is 0 Å². The molecule has 0 saturated carbocycles. The third-order valence-electron chi connectivity index (χ3n) is 5.31. The van der Waals surface area contributed by atoms with Gasteiger partial charge in [0.2, 0.25) is 5.91 Å². The van der Waals surface area contributed by atoms with Crippen LogP contribution in [-0.2, 0) is 4.79 Å². The van der Waals surface area contributed by atoms with Crippen LogP contribution in [0.5, 0.6) is 5.75 Å². The summed E-state index contributed by atoms with van der Waals surface area (Å²) >= 11 is 1.28. The van der Waals surface area contributed by atoms with Crippen LogP contribution in [0, 0.1) is 5.82 Å². The number of carbonyl (C=O) groups is 3. The van der Waals surface area contributed by atoms with Gasteiger partial charge in [0, 0.05) is 21.8 Å². The number of anilines is 2. The van der Waals surface area contributed by atoms with Gasteiger partial charge >= 0.3 is 5.97 Å². The van der Waals surface area contributed by atoms with Crippen molar-refractivity contribution >= 4 is 40.9 Å². The first-order valence-corrected chi connectivity index (χ1v) is 11.9. The standard InChI is InChI=1S/C28H21FN2O5S/c29-19-8-6-18(7-9-19)26(33)30-20-10-13-22(14-11-20)37-25(17-4-2-1-3-5-17)27(34)31-21-12-15-24(32)23(16-21)28(35)36/h1-16,25,32H,(H,30,33)(H,31,34)(H,35,36). The molecule has 4 rings (SSSR count). The molecule has 0 aliphatic carbocycles. The summed E-state index contributed by atoms with van der Waals surface area (Å²) in [5.41, 5.74) is 1.50. The van der Waals surface area contributed by atoms with Crippen molar-refractivity contribution < 1.29 is 29.0 Å². The Morgan fingerprint density at radius 3 is 2.08 bits per heavy atom. The van der Waals surface area contributed by atoms with E-state index in [1.807, 2.05) is 30.3 Å². The molecule has 186 valence electrons. The Labute approximate surface area is 216 Å². The molecule has 0 aliphatic heterocycles. The highest BCUT2D eigenvalue weighted by atomic mass is 32.2. The summed E-state index contributed by atoms with van der Waals surface area (Å²) in [4.78, 5) is 37.7. The van der Waals surface area contributed by atoms with Crippen molar-refractivity contribution in [3.05, 3.63) is 120 Å². The predicted molar refractivity (Wildman–Crippen MR) is 140 cm³/mol. The van der Waals surface area contributed by atoms with Crippen molar-refractivity contribution in [2.24, 2.45) is 0 Å². The first kappa shape index (κ1) is 25.5. The number of benzene rings is 4. The minimum absolute atomic E-state index is 0.237. The van der Waals surface area contributed by atoms with E-state index in [2.05, 4.69) is 10.6 Å². The van der Waals surface area contributed by atoms with Crippen molar-refractivity contribution in [3.63, 3.8) is 0 Å². The van der Waals surface area contributed by atoms with E-state index in [1.165, 1.54) is 54.2 Å². The first-order chi connectivity index (χ1) is 17.8. The normalized spacial score (nSPS) is 11.4. The Hall–Kier alpha value is -4.63. The second-order valence-corrected chi connectivity index (χ2v) is 9.10. The summed E-state index contributed by atoms with van der Waals surface area (Å²) in [6, 6.07) is 25.0. The fourth-order valence-electron chi connectivity index (χ4n) is 3.45. The number of aromatic hydroxyl groups is 1. The van der Waals surface area contributed by atoms with Crippen molar-refractivity contribution in [2.45, 2.75) is 10.1 Å². The maximum absolute atomic E-state index is 13.3. The molecule has 0 spiro atoms. The van der Waals surface area contributed by atoms with Gasteiger partial charge in [0.05, 0.1) is 0 Å². The minimum Gasteiger partial charge on any atom is -0.507 e. The first-order valence-electron chi connectivity index (χ1n) is 11.1.